The highest BCUT2D eigenvalue weighted by Gasteiger charge is 2.06. The number of halogens is 1. The van der Waals surface area contributed by atoms with Crippen LogP contribution >= 0.6 is 11.6 Å². The molecule has 2 aromatic rings. The van der Waals surface area contributed by atoms with E-state index >= 15 is 0 Å². The van der Waals surface area contributed by atoms with Gasteiger partial charge in [-0.3, -0.25) is 0 Å². The third-order valence-corrected chi connectivity index (χ3v) is 2.10. The molecule has 0 amide bonds. The van der Waals surface area contributed by atoms with E-state index in [-0.39, 0.29) is 5.28 Å². The molecule has 3 N–H and O–H groups in total. The summed E-state index contributed by atoms with van der Waals surface area (Å²) in [4.78, 5) is 7.91. The molecule has 0 aliphatic carbocycles. The molecule has 0 spiro atoms. The molecule has 0 radical (unpaired) electrons. The van der Waals surface area contributed by atoms with Crippen molar-refractivity contribution in [2.75, 3.05) is 5.43 Å². The van der Waals surface area contributed by atoms with Gasteiger partial charge >= 0.3 is 0 Å². The Bertz CT molecular complexity index is 560. The number of nitrogens with two attached hydrogens (primary N) is 1. The largest absolute Gasteiger partial charge is 0.308 e. The number of anilines is 1. The van der Waals surface area contributed by atoms with E-state index in [1.807, 2.05) is 6.07 Å². The van der Waals surface area contributed by atoms with Gasteiger partial charge in [0.2, 0.25) is 5.28 Å². The molecule has 0 atom stereocenters. The van der Waals surface area contributed by atoms with Gasteiger partial charge in [0.25, 0.3) is 0 Å². The van der Waals surface area contributed by atoms with Gasteiger partial charge in [0.1, 0.15) is 0 Å². The summed E-state index contributed by atoms with van der Waals surface area (Å²) in [6.45, 7) is 0. The average molecular weight is 220 g/mol. The number of aromatic nitrogens is 2. The molecule has 15 heavy (non-hydrogen) atoms. The fourth-order valence-corrected chi connectivity index (χ4v) is 1.46. The lowest BCUT2D eigenvalue weighted by atomic mass is 10.1. The van der Waals surface area contributed by atoms with Crippen molar-refractivity contribution in [3.63, 3.8) is 0 Å². The van der Waals surface area contributed by atoms with Crippen LogP contribution < -0.4 is 11.3 Å². The second kappa shape index (κ2) is 3.69. The maximum Gasteiger partial charge on any atom is 0.224 e. The first kappa shape index (κ1) is 9.65. The van der Waals surface area contributed by atoms with Gasteiger partial charge in [-0.25, -0.2) is 10.8 Å². The summed E-state index contributed by atoms with van der Waals surface area (Å²) in [7, 11) is 0. The Morgan fingerprint density at radius 2 is 2.20 bits per heavy atom. The quantitative estimate of drug-likeness (QED) is 0.431. The molecule has 0 aliphatic heterocycles. The van der Waals surface area contributed by atoms with E-state index < -0.39 is 0 Å². The fraction of sp³-hybridized carbons (Fsp3) is 0. The predicted molar refractivity (Wildman–Crippen MR) is 57.1 cm³/mol. The first-order valence-corrected chi connectivity index (χ1v) is 4.46. The van der Waals surface area contributed by atoms with E-state index in [2.05, 4.69) is 15.4 Å². The Kier molecular flexibility index (Phi) is 2.37. The fourth-order valence-electron chi connectivity index (χ4n) is 1.28. The maximum absolute atomic E-state index is 8.75. The number of nitrogens with one attached hydrogen (secondary N) is 1. The summed E-state index contributed by atoms with van der Waals surface area (Å²) in [5, 5.41) is 9.53. The molecule has 0 saturated heterocycles. The minimum absolute atomic E-state index is 0.111. The smallest absolute Gasteiger partial charge is 0.224 e. The number of rotatable bonds is 1. The van der Waals surface area contributed by atoms with Gasteiger partial charge in [-0.15, -0.1) is 0 Å². The molecule has 1 aromatic heterocycles. The van der Waals surface area contributed by atoms with Crippen molar-refractivity contribution in [1.29, 1.82) is 5.26 Å². The lowest BCUT2D eigenvalue weighted by Gasteiger charge is -2.04. The van der Waals surface area contributed by atoms with Crippen LogP contribution in [0.5, 0.6) is 0 Å². The third-order valence-electron chi connectivity index (χ3n) is 1.93. The number of hydrazine groups is 1. The van der Waals surface area contributed by atoms with Crippen LogP contribution in [0.15, 0.2) is 18.2 Å². The molecule has 0 aliphatic rings. The molecule has 5 nitrogen and oxygen atoms in total. The first-order valence-electron chi connectivity index (χ1n) is 4.08. The third kappa shape index (κ3) is 1.68. The summed E-state index contributed by atoms with van der Waals surface area (Å²) in [6.07, 6.45) is 0. The van der Waals surface area contributed by atoms with Crippen LogP contribution in [0.1, 0.15) is 5.56 Å². The van der Waals surface area contributed by atoms with Gasteiger partial charge in [-0.2, -0.15) is 10.2 Å². The van der Waals surface area contributed by atoms with E-state index in [1.54, 1.807) is 18.2 Å². The van der Waals surface area contributed by atoms with Gasteiger partial charge in [-0.05, 0) is 29.8 Å². The van der Waals surface area contributed by atoms with E-state index in [0.29, 0.717) is 22.3 Å². The number of hydrogen-bond donors (Lipinski definition) is 2. The number of nitriles is 1. The van der Waals surface area contributed by atoms with Gasteiger partial charge in [0, 0.05) is 5.39 Å². The van der Waals surface area contributed by atoms with Gasteiger partial charge in [0.15, 0.2) is 5.82 Å². The number of nitrogen functional groups attached to an aromatic ring is 1. The summed E-state index contributed by atoms with van der Waals surface area (Å²) in [5.74, 6) is 5.70. The highest BCUT2D eigenvalue weighted by molar-refractivity contribution is 6.28. The average Bonchev–Trinajstić information content (AvgIpc) is 2.27. The van der Waals surface area contributed by atoms with Crippen molar-refractivity contribution < 1.29 is 0 Å². The van der Waals surface area contributed by atoms with Crippen LogP contribution in [0.2, 0.25) is 5.28 Å². The van der Waals surface area contributed by atoms with Gasteiger partial charge in [-0.1, -0.05) is 0 Å². The van der Waals surface area contributed by atoms with Crippen LogP contribution in [0, 0.1) is 11.3 Å². The van der Waals surface area contributed by atoms with Gasteiger partial charge in [0.05, 0.1) is 17.1 Å². The highest BCUT2D eigenvalue weighted by Crippen LogP contribution is 2.22. The standard InChI is InChI=1S/C9H6ClN5/c10-9-13-7-2-1-5(4-11)3-6(7)8(14-9)15-12/h1-3H,12H2,(H,13,14,15). The van der Waals surface area contributed by atoms with Crippen LogP contribution in [-0.2, 0) is 0 Å². The summed E-state index contributed by atoms with van der Waals surface area (Å²) >= 11 is 5.69. The van der Waals surface area contributed by atoms with E-state index in [9.17, 15) is 0 Å². The molecule has 0 bridgehead atoms. The van der Waals surface area contributed by atoms with Crippen LogP contribution in [0.3, 0.4) is 0 Å². The molecular formula is C9H6ClN5. The number of nitrogens with zero attached hydrogens (tertiary/aromatic N) is 3. The van der Waals surface area contributed by atoms with E-state index in [1.165, 1.54) is 0 Å². The first-order chi connectivity index (χ1) is 7.24. The van der Waals surface area contributed by atoms with Crippen molar-refractivity contribution in [1.82, 2.24) is 9.97 Å². The van der Waals surface area contributed by atoms with Crippen molar-refractivity contribution in [3.05, 3.63) is 29.0 Å². The summed E-state index contributed by atoms with van der Waals surface area (Å²) in [5.41, 5.74) is 3.58. The lowest BCUT2D eigenvalue weighted by Crippen LogP contribution is -2.09. The number of hydrogen-bond acceptors (Lipinski definition) is 5. The van der Waals surface area contributed by atoms with Crippen molar-refractivity contribution >= 4 is 28.3 Å². The zero-order valence-corrected chi connectivity index (χ0v) is 8.28. The zero-order valence-electron chi connectivity index (χ0n) is 7.53. The SMILES string of the molecule is N#Cc1ccc2nc(Cl)nc(NN)c2c1. The molecular weight excluding hydrogens is 214 g/mol. The summed E-state index contributed by atoms with van der Waals surface area (Å²) < 4.78 is 0. The molecule has 1 heterocycles. The molecule has 0 saturated carbocycles. The zero-order chi connectivity index (χ0) is 10.8. The van der Waals surface area contributed by atoms with Gasteiger partial charge < -0.3 is 5.43 Å². The van der Waals surface area contributed by atoms with Crippen molar-refractivity contribution in [2.45, 2.75) is 0 Å². The van der Waals surface area contributed by atoms with Crippen LogP contribution in [-0.4, -0.2) is 9.97 Å². The molecule has 0 unspecified atom stereocenters. The Morgan fingerprint density at radius 3 is 2.87 bits per heavy atom. The van der Waals surface area contributed by atoms with Crippen molar-refractivity contribution in [3.8, 4) is 6.07 Å². The topological polar surface area (TPSA) is 87.6 Å². The van der Waals surface area contributed by atoms with Crippen LogP contribution in [0.4, 0.5) is 5.82 Å². The van der Waals surface area contributed by atoms with Crippen LogP contribution in [0.25, 0.3) is 10.9 Å². The maximum atomic E-state index is 8.75. The Balaban J connectivity index is 2.80. The minimum atomic E-state index is 0.111. The highest BCUT2D eigenvalue weighted by atomic mass is 35.5. The Morgan fingerprint density at radius 1 is 1.40 bits per heavy atom. The molecule has 6 heteroatoms. The molecule has 0 fully saturated rings. The monoisotopic (exact) mass is 219 g/mol. The number of fused-ring (bicyclic) bond motifs is 1. The Hall–Kier alpha value is -1.90. The predicted octanol–water partition coefficient (Wildman–Crippen LogP) is 1.44. The molecule has 2 rings (SSSR count). The lowest BCUT2D eigenvalue weighted by molar-refractivity contribution is 1.18. The molecule has 1 aromatic carbocycles. The number of benzene rings is 1. The van der Waals surface area contributed by atoms with E-state index in [4.69, 9.17) is 22.7 Å². The van der Waals surface area contributed by atoms with E-state index in [0.717, 1.165) is 0 Å². The summed E-state index contributed by atoms with van der Waals surface area (Å²) in [6, 6.07) is 7.04. The Labute approximate surface area is 90.5 Å². The second-order valence-electron chi connectivity index (χ2n) is 2.83. The molecule has 74 valence electrons. The van der Waals surface area contributed by atoms with Crippen molar-refractivity contribution in [2.24, 2.45) is 5.84 Å². The second-order valence-corrected chi connectivity index (χ2v) is 3.17. The normalized spacial score (nSPS) is 9.93. The minimum Gasteiger partial charge on any atom is -0.308 e.